The van der Waals surface area contributed by atoms with Crippen molar-refractivity contribution in [2.45, 2.75) is 32.7 Å². The van der Waals surface area contributed by atoms with Crippen LogP contribution in [-0.4, -0.2) is 15.7 Å². The van der Waals surface area contributed by atoms with Crippen LogP contribution in [0.5, 0.6) is 0 Å². The molecule has 1 amide bonds. The minimum atomic E-state index is -0.0465. The zero-order valence-electron chi connectivity index (χ0n) is 8.53. The monoisotopic (exact) mass is 193 g/mol. The average Bonchev–Trinajstić information content (AvgIpc) is 2.86. The molecule has 0 radical (unpaired) electrons. The quantitative estimate of drug-likeness (QED) is 0.795. The molecular weight excluding hydrogens is 178 g/mol. The van der Waals surface area contributed by atoms with Crippen molar-refractivity contribution in [3.63, 3.8) is 0 Å². The van der Waals surface area contributed by atoms with Crippen molar-refractivity contribution >= 4 is 11.7 Å². The number of carbonyl (C=O) groups excluding carboxylic acids is 1. The third-order valence-electron chi connectivity index (χ3n) is 2.66. The van der Waals surface area contributed by atoms with Gasteiger partial charge in [0.05, 0.1) is 12.2 Å². The molecule has 1 aromatic heterocycles. The van der Waals surface area contributed by atoms with Crippen LogP contribution in [0.3, 0.4) is 0 Å². The SMILES string of the molecule is CC(=O)Nc1ccnn1C(C)C1CC1. The molecule has 4 heteroatoms. The van der Waals surface area contributed by atoms with Crippen LogP contribution in [0.25, 0.3) is 0 Å². The van der Waals surface area contributed by atoms with E-state index < -0.39 is 0 Å². The number of nitrogens with one attached hydrogen (secondary N) is 1. The van der Waals surface area contributed by atoms with Gasteiger partial charge in [-0.25, -0.2) is 4.68 Å². The molecular formula is C10H15N3O. The molecule has 1 saturated carbocycles. The molecule has 2 rings (SSSR count). The van der Waals surface area contributed by atoms with Crippen LogP contribution >= 0.6 is 0 Å². The Kier molecular flexibility index (Phi) is 2.27. The predicted octanol–water partition coefficient (Wildman–Crippen LogP) is 1.81. The average molecular weight is 193 g/mol. The van der Waals surface area contributed by atoms with Crippen LogP contribution in [0.2, 0.25) is 0 Å². The topological polar surface area (TPSA) is 46.9 Å². The largest absolute Gasteiger partial charge is 0.311 e. The Morgan fingerprint density at radius 1 is 1.71 bits per heavy atom. The fraction of sp³-hybridized carbons (Fsp3) is 0.600. The normalized spacial score (nSPS) is 17.9. The molecule has 0 spiro atoms. The molecule has 1 aliphatic rings. The number of carbonyl (C=O) groups is 1. The van der Waals surface area contributed by atoms with Gasteiger partial charge in [0.1, 0.15) is 5.82 Å². The Bertz CT molecular complexity index is 341. The van der Waals surface area contributed by atoms with Gasteiger partial charge in [-0.05, 0) is 25.7 Å². The summed E-state index contributed by atoms with van der Waals surface area (Å²) >= 11 is 0. The first kappa shape index (κ1) is 9.24. The van der Waals surface area contributed by atoms with E-state index >= 15 is 0 Å². The first-order valence-electron chi connectivity index (χ1n) is 4.99. The van der Waals surface area contributed by atoms with Crippen molar-refractivity contribution < 1.29 is 4.79 Å². The van der Waals surface area contributed by atoms with E-state index in [9.17, 15) is 4.79 Å². The van der Waals surface area contributed by atoms with E-state index in [0.29, 0.717) is 6.04 Å². The molecule has 1 fully saturated rings. The summed E-state index contributed by atoms with van der Waals surface area (Å²) in [6.45, 7) is 3.66. The van der Waals surface area contributed by atoms with Crippen LogP contribution < -0.4 is 5.32 Å². The molecule has 1 atom stereocenters. The van der Waals surface area contributed by atoms with E-state index in [0.717, 1.165) is 11.7 Å². The van der Waals surface area contributed by atoms with Crippen molar-refractivity contribution in [1.82, 2.24) is 9.78 Å². The van der Waals surface area contributed by atoms with Gasteiger partial charge < -0.3 is 5.32 Å². The highest BCUT2D eigenvalue weighted by Crippen LogP contribution is 2.40. The zero-order chi connectivity index (χ0) is 10.1. The molecule has 1 unspecified atom stereocenters. The predicted molar refractivity (Wildman–Crippen MR) is 54.0 cm³/mol. The second-order valence-electron chi connectivity index (χ2n) is 3.92. The van der Waals surface area contributed by atoms with Crippen molar-refractivity contribution in [3.8, 4) is 0 Å². The molecule has 0 aromatic carbocycles. The lowest BCUT2D eigenvalue weighted by atomic mass is 10.2. The first-order chi connectivity index (χ1) is 6.68. The number of anilines is 1. The maximum absolute atomic E-state index is 10.9. The molecule has 76 valence electrons. The highest BCUT2D eigenvalue weighted by atomic mass is 16.1. The number of rotatable bonds is 3. The minimum absolute atomic E-state index is 0.0465. The summed E-state index contributed by atoms with van der Waals surface area (Å²) in [5.41, 5.74) is 0. The van der Waals surface area contributed by atoms with E-state index in [1.165, 1.54) is 19.8 Å². The standard InChI is InChI=1S/C10H15N3O/c1-7(9-3-4-9)13-10(5-6-11-13)12-8(2)14/h5-7,9H,3-4H2,1-2H3,(H,12,14). The molecule has 0 saturated heterocycles. The fourth-order valence-electron chi connectivity index (χ4n) is 1.70. The van der Waals surface area contributed by atoms with Crippen LogP contribution in [0.4, 0.5) is 5.82 Å². The minimum Gasteiger partial charge on any atom is -0.311 e. The van der Waals surface area contributed by atoms with Crippen molar-refractivity contribution in [1.29, 1.82) is 0 Å². The summed E-state index contributed by atoms with van der Waals surface area (Å²) in [6, 6.07) is 2.23. The van der Waals surface area contributed by atoms with E-state index in [4.69, 9.17) is 0 Å². The Morgan fingerprint density at radius 3 is 3.00 bits per heavy atom. The van der Waals surface area contributed by atoms with Gasteiger partial charge in [0.25, 0.3) is 0 Å². The molecule has 0 bridgehead atoms. The summed E-state index contributed by atoms with van der Waals surface area (Å²) in [5.74, 6) is 1.49. The van der Waals surface area contributed by atoms with Crippen molar-refractivity contribution in [3.05, 3.63) is 12.3 Å². The van der Waals surface area contributed by atoms with E-state index in [2.05, 4.69) is 17.3 Å². The van der Waals surface area contributed by atoms with Crippen LogP contribution in [-0.2, 0) is 4.79 Å². The van der Waals surface area contributed by atoms with Gasteiger partial charge in [-0.3, -0.25) is 4.79 Å². The van der Waals surface area contributed by atoms with Gasteiger partial charge in [-0.1, -0.05) is 0 Å². The Morgan fingerprint density at radius 2 is 2.43 bits per heavy atom. The summed E-state index contributed by atoms with van der Waals surface area (Å²) in [6.07, 6.45) is 4.28. The Labute approximate surface area is 83.3 Å². The van der Waals surface area contributed by atoms with Gasteiger partial charge >= 0.3 is 0 Å². The molecule has 4 nitrogen and oxygen atoms in total. The van der Waals surface area contributed by atoms with Crippen LogP contribution in [0.1, 0.15) is 32.7 Å². The van der Waals surface area contributed by atoms with Gasteiger partial charge in [-0.2, -0.15) is 5.10 Å². The van der Waals surface area contributed by atoms with Crippen molar-refractivity contribution in [2.75, 3.05) is 5.32 Å². The van der Waals surface area contributed by atoms with Crippen LogP contribution in [0, 0.1) is 5.92 Å². The first-order valence-corrected chi connectivity index (χ1v) is 4.99. The highest BCUT2D eigenvalue weighted by molar-refractivity contribution is 5.87. The highest BCUT2D eigenvalue weighted by Gasteiger charge is 2.30. The number of aromatic nitrogens is 2. The summed E-state index contributed by atoms with van der Waals surface area (Å²) in [5, 5.41) is 7.01. The lowest BCUT2D eigenvalue weighted by Crippen LogP contribution is -2.15. The second-order valence-corrected chi connectivity index (χ2v) is 3.92. The maximum atomic E-state index is 10.9. The summed E-state index contributed by atoms with van der Waals surface area (Å²) < 4.78 is 1.90. The fourth-order valence-corrected chi connectivity index (χ4v) is 1.70. The summed E-state index contributed by atoms with van der Waals surface area (Å²) in [7, 11) is 0. The third kappa shape index (κ3) is 1.78. The molecule has 0 aliphatic heterocycles. The van der Waals surface area contributed by atoms with E-state index in [1.807, 2.05) is 10.7 Å². The number of hydrogen-bond donors (Lipinski definition) is 1. The molecule has 14 heavy (non-hydrogen) atoms. The molecule has 1 aromatic rings. The van der Waals surface area contributed by atoms with Gasteiger partial charge in [0, 0.05) is 13.0 Å². The molecule has 1 N–H and O–H groups in total. The second kappa shape index (κ2) is 3.44. The Hall–Kier alpha value is -1.32. The summed E-state index contributed by atoms with van der Waals surface area (Å²) in [4.78, 5) is 10.9. The lowest BCUT2D eigenvalue weighted by Gasteiger charge is -2.14. The van der Waals surface area contributed by atoms with Gasteiger partial charge in [0.15, 0.2) is 0 Å². The molecule has 1 heterocycles. The zero-order valence-corrected chi connectivity index (χ0v) is 8.53. The lowest BCUT2D eigenvalue weighted by molar-refractivity contribution is -0.114. The smallest absolute Gasteiger partial charge is 0.222 e. The Balaban J connectivity index is 2.15. The van der Waals surface area contributed by atoms with Gasteiger partial charge in [-0.15, -0.1) is 0 Å². The van der Waals surface area contributed by atoms with E-state index in [1.54, 1.807) is 6.20 Å². The number of nitrogens with zero attached hydrogens (tertiary/aromatic N) is 2. The van der Waals surface area contributed by atoms with Crippen molar-refractivity contribution in [2.24, 2.45) is 5.92 Å². The van der Waals surface area contributed by atoms with E-state index in [-0.39, 0.29) is 5.91 Å². The number of amides is 1. The number of hydrogen-bond acceptors (Lipinski definition) is 2. The third-order valence-corrected chi connectivity index (χ3v) is 2.66. The van der Waals surface area contributed by atoms with Gasteiger partial charge in [0.2, 0.25) is 5.91 Å². The maximum Gasteiger partial charge on any atom is 0.222 e. The van der Waals surface area contributed by atoms with Crippen LogP contribution in [0.15, 0.2) is 12.3 Å². The molecule has 1 aliphatic carbocycles.